The monoisotopic (exact) mass is 343 g/mol. The summed E-state index contributed by atoms with van der Waals surface area (Å²) in [7, 11) is 0. The van der Waals surface area contributed by atoms with Gasteiger partial charge in [-0.1, -0.05) is 40.2 Å². The van der Waals surface area contributed by atoms with Gasteiger partial charge in [-0.05, 0) is 42.8 Å². The van der Waals surface area contributed by atoms with Crippen LogP contribution in [-0.2, 0) is 4.79 Å². The van der Waals surface area contributed by atoms with Crippen molar-refractivity contribution in [2.75, 3.05) is 5.32 Å². The zero-order chi connectivity index (χ0) is 15.2. The van der Waals surface area contributed by atoms with Gasteiger partial charge in [-0.3, -0.25) is 9.59 Å². The van der Waals surface area contributed by atoms with Gasteiger partial charge in [-0.2, -0.15) is 0 Å². The fourth-order valence-electron chi connectivity index (χ4n) is 1.75. The predicted octanol–water partition coefficient (Wildman–Crippen LogP) is 4.30. The van der Waals surface area contributed by atoms with Crippen LogP contribution in [0.1, 0.15) is 22.8 Å². The second-order valence-electron chi connectivity index (χ2n) is 4.51. The van der Waals surface area contributed by atoms with Gasteiger partial charge >= 0.3 is 0 Å². The predicted molar refractivity (Wildman–Crippen MR) is 88.3 cm³/mol. The molecule has 0 aliphatic carbocycles. The van der Waals surface area contributed by atoms with Gasteiger partial charge in [0.25, 0.3) is 0 Å². The molecule has 0 bridgehead atoms. The minimum Gasteiger partial charge on any atom is -0.322 e. The smallest absolute Gasteiger partial charge is 0.248 e. The van der Waals surface area contributed by atoms with Crippen molar-refractivity contribution in [3.63, 3.8) is 0 Å². The number of nitrogens with one attached hydrogen (secondary N) is 1. The van der Waals surface area contributed by atoms with Gasteiger partial charge < -0.3 is 5.32 Å². The molecular weight excluding hydrogens is 330 g/mol. The second-order valence-corrected chi connectivity index (χ2v) is 5.43. The van der Waals surface area contributed by atoms with E-state index in [1.165, 1.54) is 13.0 Å². The molecule has 0 atom stereocenters. The molecule has 0 spiro atoms. The van der Waals surface area contributed by atoms with E-state index in [4.69, 9.17) is 0 Å². The van der Waals surface area contributed by atoms with Gasteiger partial charge in [-0.25, -0.2) is 0 Å². The van der Waals surface area contributed by atoms with Crippen molar-refractivity contribution in [2.24, 2.45) is 0 Å². The van der Waals surface area contributed by atoms with Gasteiger partial charge in [0, 0.05) is 21.8 Å². The van der Waals surface area contributed by atoms with Crippen LogP contribution in [-0.4, -0.2) is 11.7 Å². The number of hydrogen-bond acceptors (Lipinski definition) is 2. The molecule has 0 saturated heterocycles. The Hall–Kier alpha value is -2.20. The first-order chi connectivity index (χ1) is 10.0. The molecule has 4 heteroatoms. The van der Waals surface area contributed by atoms with E-state index in [-0.39, 0.29) is 11.7 Å². The standard InChI is InChI=1S/C17H14BrNO2/c1-12(20)14-3-2-4-16(11-14)19-17(21)10-7-13-5-8-15(18)9-6-13/h2-11H,1H3,(H,19,21)/b10-7-. The van der Waals surface area contributed by atoms with Crippen LogP contribution in [0.25, 0.3) is 6.08 Å². The molecule has 2 aromatic carbocycles. The molecule has 0 heterocycles. The average molecular weight is 344 g/mol. The van der Waals surface area contributed by atoms with Crippen LogP contribution in [0.4, 0.5) is 5.69 Å². The Morgan fingerprint density at radius 3 is 2.48 bits per heavy atom. The fraction of sp³-hybridized carbons (Fsp3) is 0.0588. The van der Waals surface area contributed by atoms with Crippen molar-refractivity contribution in [1.82, 2.24) is 0 Å². The maximum absolute atomic E-state index is 11.8. The topological polar surface area (TPSA) is 46.2 Å². The summed E-state index contributed by atoms with van der Waals surface area (Å²) in [5.74, 6) is -0.268. The van der Waals surface area contributed by atoms with Gasteiger partial charge in [-0.15, -0.1) is 0 Å². The number of ketones is 1. The maximum atomic E-state index is 11.8. The highest BCUT2D eigenvalue weighted by molar-refractivity contribution is 9.10. The first kappa shape index (κ1) is 15.2. The number of hydrogen-bond donors (Lipinski definition) is 1. The number of rotatable bonds is 4. The Kier molecular flexibility index (Phi) is 5.06. The van der Waals surface area contributed by atoms with Crippen molar-refractivity contribution in [1.29, 1.82) is 0 Å². The number of Topliss-reactive ketones (excluding diaryl/α,β-unsaturated/α-hetero) is 1. The Morgan fingerprint density at radius 1 is 1.10 bits per heavy atom. The third kappa shape index (κ3) is 4.68. The van der Waals surface area contributed by atoms with Gasteiger partial charge in [0.15, 0.2) is 5.78 Å². The van der Waals surface area contributed by atoms with E-state index in [9.17, 15) is 9.59 Å². The highest BCUT2D eigenvalue weighted by atomic mass is 79.9. The van der Waals surface area contributed by atoms with Crippen molar-refractivity contribution >= 4 is 39.4 Å². The molecule has 0 unspecified atom stereocenters. The second kappa shape index (κ2) is 6.99. The van der Waals surface area contributed by atoms with E-state index in [1.54, 1.807) is 30.3 Å². The van der Waals surface area contributed by atoms with Gasteiger partial charge in [0.1, 0.15) is 0 Å². The van der Waals surface area contributed by atoms with E-state index >= 15 is 0 Å². The van der Waals surface area contributed by atoms with E-state index < -0.39 is 0 Å². The Morgan fingerprint density at radius 2 is 1.81 bits per heavy atom. The minimum atomic E-state index is -0.237. The zero-order valence-electron chi connectivity index (χ0n) is 11.5. The minimum absolute atomic E-state index is 0.0310. The molecule has 3 nitrogen and oxygen atoms in total. The lowest BCUT2D eigenvalue weighted by molar-refractivity contribution is -0.111. The molecule has 0 aliphatic heterocycles. The summed E-state index contributed by atoms with van der Waals surface area (Å²) >= 11 is 3.36. The Labute approximate surface area is 131 Å². The molecule has 0 aromatic heterocycles. The lowest BCUT2D eigenvalue weighted by Crippen LogP contribution is -2.08. The molecule has 0 radical (unpaired) electrons. The lowest BCUT2D eigenvalue weighted by Gasteiger charge is -2.03. The Bertz CT molecular complexity index is 690. The van der Waals surface area contributed by atoms with Crippen LogP contribution in [0, 0.1) is 0 Å². The first-order valence-corrected chi connectivity index (χ1v) is 7.19. The van der Waals surface area contributed by atoms with Crippen LogP contribution < -0.4 is 5.32 Å². The molecule has 2 rings (SSSR count). The summed E-state index contributed by atoms with van der Waals surface area (Å²) in [5.41, 5.74) is 2.11. The van der Waals surface area contributed by atoms with Gasteiger partial charge in [0.2, 0.25) is 5.91 Å². The number of benzene rings is 2. The highest BCUT2D eigenvalue weighted by Gasteiger charge is 2.02. The highest BCUT2D eigenvalue weighted by Crippen LogP contribution is 2.13. The molecule has 106 valence electrons. The normalized spacial score (nSPS) is 10.6. The van der Waals surface area contributed by atoms with Crippen molar-refractivity contribution in [2.45, 2.75) is 6.92 Å². The van der Waals surface area contributed by atoms with Crippen LogP contribution in [0.3, 0.4) is 0 Å². The molecule has 21 heavy (non-hydrogen) atoms. The summed E-state index contributed by atoms with van der Waals surface area (Å²) in [6.07, 6.45) is 3.19. The van der Waals surface area contributed by atoms with Crippen LogP contribution >= 0.6 is 15.9 Å². The average Bonchev–Trinajstić information content (AvgIpc) is 2.47. The molecule has 1 N–H and O–H groups in total. The molecule has 1 amide bonds. The van der Waals surface area contributed by atoms with Crippen LogP contribution in [0.15, 0.2) is 59.1 Å². The number of halogens is 1. The summed E-state index contributed by atoms with van der Waals surface area (Å²) in [5, 5.41) is 2.73. The van der Waals surface area contributed by atoms with Crippen molar-refractivity contribution in [3.8, 4) is 0 Å². The first-order valence-electron chi connectivity index (χ1n) is 6.40. The van der Waals surface area contributed by atoms with Crippen molar-refractivity contribution in [3.05, 3.63) is 70.2 Å². The number of carbonyl (C=O) groups excluding carboxylic acids is 2. The summed E-state index contributed by atoms with van der Waals surface area (Å²) in [6.45, 7) is 1.49. The lowest BCUT2D eigenvalue weighted by atomic mass is 10.1. The third-order valence-electron chi connectivity index (χ3n) is 2.83. The fourth-order valence-corrected chi connectivity index (χ4v) is 2.01. The maximum Gasteiger partial charge on any atom is 0.248 e. The largest absolute Gasteiger partial charge is 0.322 e. The summed E-state index contributed by atoms with van der Waals surface area (Å²) in [6, 6.07) is 14.5. The number of amides is 1. The molecule has 0 fully saturated rings. The van der Waals surface area contributed by atoms with E-state index in [0.717, 1.165) is 10.0 Å². The Balaban J connectivity index is 2.03. The van der Waals surface area contributed by atoms with Crippen molar-refractivity contribution < 1.29 is 9.59 Å². The van der Waals surface area contributed by atoms with E-state index in [2.05, 4.69) is 21.2 Å². The van der Waals surface area contributed by atoms with Crippen LogP contribution in [0.2, 0.25) is 0 Å². The van der Waals surface area contributed by atoms with E-state index in [0.29, 0.717) is 11.3 Å². The summed E-state index contributed by atoms with van der Waals surface area (Å²) < 4.78 is 0.991. The number of anilines is 1. The van der Waals surface area contributed by atoms with Gasteiger partial charge in [0.05, 0.1) is 0 Å². The molecule has 0 saturated carbocycles. The quantitative estimate of drug-likeness (QED) is 0.664. The molecular formula is C17H14BrNO2. The number of carbonyl (C=O) groups is 2. The van der Waals surface area contributed by atoms with E-state index in [1.807, 2.05) is 24.3 Å². The zero-order valence-corrected chi connectivity index (χ0v) is 13.1. The molecule has 0 aliphatic rings. The third-order valence-corrected chi connectivity index (χ3v) is 3.36. The molecule has 2 aromatic rings. The van der Waals surface area contributed by atoms with Crippen LogP contribution in [0.5, 0.6) is 0 Å². The summed E-state index contributed by atoms with van der Waals surface area (Å²) in [4.78, 5) is 23.1. The SMILES string of the molecule is CC(=O)c1cccc(NC(=O)/C=C\c2ccc(Br)cc2)c1.